The minimum atomic E-state index is 0.516. The van der Waals surface area contributed by atoms with E-state index in [0.29, 0.717) is 10.0 Å². The first-order valence-electron chi connectivity index (χ1n) is 6.55. The van der Waals surface area contributed by atoms with Crippen LogP contribution in [0.25, 0.3) is 27.8 Å². The Labute approximate surface area is 131 Å². The number of nitrogens with zero attached hydrogens (tertiary/aromatic N) is 2. The van der Waals surface area contributed by atoms with Gasteiger partial charge in [-0.25, -0.2) is 4.98 Å². The summed E-state index contributed by atoms with van der Waals surface area (Å²) in [6, 6.07) is 17.8. The summed E-state index contributed by atoms with van der Waals surface area (Å²) in [5, 5.41) is 1.05. The standard InChI is InChI=1S/C17H10Cl2N2/c18-12-9-14-16(10-13(12)19)21-8-4-7-15(21)17(20-14)11-5-2-1-3-6-11/h1-10H. The van der Waals surface area contributed by atoms with Crippen LogP contribution in [0.1, 0.15) is 0 Å². The number of aromatic nitrogens is 2. The second-order valence-electron chi connectivity index (χ2n) is 4.84. The van der Waals surface area contributed by atoms with Crippen molar-refractivity contribution in [1.82, 2.24) is 9.38 Å². The number of hydrogen-bond acceptors (Lipinski definition) is 1. The largest absolute Gasteiger partial charge is 0.313 e. The minimum absolute atomic E-state index is 0.516. The van der Waals surface area contributed by atoms with Gasteiger partial charge >= 0.3 is 0 Å². The van der Waals surface area contributed by atoms with Gasteiger partial charge in [0.05, 0.1) is 32.3 Å². The third kappa shape index (κ3) is 1.99. The van der Waals surface area contributed by atoms with Gasteiger partial charge in [0.2, 0.25) is 0 Å². The molecule has 0 radical (unpaired) electrons. The van der Waals surface area contributed by atoms with Crippen LogP contribution in [-0.4, -0.2) is 9.38 Å². The molecule has 2 nitrogen and oxygen atoms in total. The van der Waals surface area contributed by atoms with Crippen LogP contribution in [0.3, 0.4) is 0 Å². The number of benzene rings is 2. The van der Waals surface area contributed by atoms with E-state index in [4.69, 9.17) is 28.2 Å². The number of hydrogen-bond donors (Lipinski definition) is 0. The Morgan fingerprint density at radius 1 is 0.810 bits per heavy atom. The molecule has 102 valence electrons. The van der Waals surface area contributed by atoms with E-state index in [2.05, 4.69) is 22.6 Å². The molecule has 0 amide bonds. The van der Waals surface area contributed by atoms with E-state index in [0.717, 1.165) is 27.8 Å². The SMILES string of the molecule is Clc1cc2nc(-c3ccccc3)c3cccn3c2cc1Cl. The maximum atomic E-state index is 6.14. The molecule has 0 bridgehead atoms. The highest BCUT2D eigenvalue weighted by Gasteiger charge is 2.11. The zero-order valence-corrected chi connectivity index (χ0v) is 12.4. The first kappa shape index (κ1) is 12.7. The molecule has 4 heteroatoms. The predicted molar refractivity (Wildman–Crippen MR) is 88.2 cm³/mol. The third-order valence-corrected chi connectivity index (χ3v) is 4.27. The highest BCUT2D eigenvalue weighted by Crippen LogP contribution is 2.31. The summed E-state index contributed by atoms with van der Waals surface area (Å²) in [6.45, 7) is 0. The first-order valence-corrected chi connectivity index (χ1v) is 7.31. The molecule has 4 rings (SSSR count). The molecule has 21 heavy (non-hydrogen) atoms. The van der Waals surface area contributed by atoms with Gasteiger partial charge < -0.3 is 4.40 Å². The lowest BCUT2D eigenvalue weighted by Gasteiger charge is -2.09. The molecule has 2 heterocycles. The van der Waals surface area contributed by atoms with Crippen LogP contribution in [0.5, 0.6) is 0 Å². The van der Waals surface area contributed by atoms with Crippen molar-refractivity contribution in [3.63, 3.8) is 0 Å². The van der Waals surface area contributed by atoms with E-state index in [-0.39, 0.29) is 0 Å². The second kappa shape index (κ2) is 4.76. The molecule has 0 saturated heterocycles. The van der Waals surface area contributed by atoms with Gasteiger partial charge in [0.15, 0.2) is 0 Å². The Balaban J connectivity index is 2.16. The number of halogens is 2. The Kier molecular flexibility index (Phi) is 2.88. The summed E-state index contributed by atoms with van der Waals surface area (Å²) in [5.74, 6) is 0. The van der Waals surface area contributed by atoms with E-state index in [1.807, 2.05) is 42.6 Å². The quantitative estimate of drug-likeness (QED) is 0.456. The Morgan fingerprint density at radius 3 is 2.38 bits per heavy atom. The molecule has 0 N–H and O–H groups in total. The fourth-order valence-electron chi connectivity index (χ4n) is 2.58. The fraction of sp³-hybridized carbons (Fsp3) is 0. The third-order valence-electron chi connectivity index (χ3n) is 3.55. The Bertz CT molecular complexity index is 959. The summed E-state index contributed by atoms with van der Waals surface area (Å²) < 4.78 is 2.09. The van der Waals surface area contributed by atoms with Crippen molar-refractivity contribution in [2.45, 2.75) is 0 Å². The molecule has 2 aromatic carbocycles. The van der Waals surface area contributed by atoms with Gasteiger partial charge in [0.25, 0.3) is 0 Å². The van der Waals surface area contributed by atoms with Gasteiger partial charge in [-0.2, -0.15) is 0 Å². The first-order chi connectivity index (χ1) is 10.2. The number of fused-ring (bicyclic) bond motifs is 3. The van der Waals surface area contributed by atoms with Crippen molar-refractivity contribution < 1.29 is 0 Å². The molecule has 0 aliphatic heterocycles. The van der Waals surface area contributed by atoms with Crippen LogP contribution in [0.15, 0.2) is 60.8 Å². The van der Waals surface area contributed by atoms with E-state index in [1.54, 1.807) is 0 Å². The van der Waals surface area contributed by atoms with Crippen molar-refractivity contribution in [3.05, 3.63) is 70.8 Å². The van der Waals surface area contributed by atoms with Crippen LogP contribution in [0.4, 0.5) is 0 Å². The van der Waals surface area contributed by atoms with E-state index < -0.39 is 0 Å². The molecule has 0 aliphatic rings. The molecule has 0 atom stereocenters. The summed E-state index contributed by atoms with van der Waals surface area (Å²) in [4.78, 5) is 4.78. The predicted octanol–water partition coefficient (Wildman–Crippen LogP) is 5.46. The van der Waals surface area contributed by atoms with Gasteiger partial charge in [-0.05, 0) is 24.3 Å². The lowest BCUT2D eigenvalue weighted by atomic mass is 10.1. The molecule has 0 saturated carbocycles. The Morgan fingerprint density at radius 2 is 1.57 bits per heavy atom. The molecule has 4 aromatic rings. The maximum absolute atomic E-state index is 6.14. The van der Waals surface area contributed by atoms with Crippen molar-refractivity contribution in [2.75, 3.05) is 0 Å². The molecule has 0 unspecified atom stereocenters. The average Bonchev–Trinajstić information content (AvgIpc) is 2.99. The van der Waals surface area contributed by atoms with Gasteiger partial charge in [0, 0.05) is 11.8 Å². The number of rotatable bonds is 1. The van der Waals surface area contributed by atoms with Crippen molar-refractivity contribution in [2.24, 2.45) is 0 Å². The van der Waals surface area contributed by atoms with Crippen molar-refractivity contribution in [1.29, 1.82) is 0 Å². The second-order valence-corrected chi connectivity index (χ2v) is 5.66. The van der Waals surface area contributed by atoms with E-state index in [9.17, 15) is 0 Å². The summed E-state index contributed by atoms with van der Waals surface area (Å²) in [7, 11) is 0. The maximum Gasteiger partial charge on any atom is 0.0950 e. The topological polar surface area (TPSA) is 17.3 Å². The Hall–Kier alpha value is -2.03. The van der Waals surface area contributed by atoms with E-state index >= 15 is 0 Å². The van der Waals surface area contributed by atoms with Crippen molar-refractivity contribution >= 4 is 39.8 Å². The zero-order chi connectivity index (χ0) is 14.4. The van der Waals surface area contributed by atoms with Crippen LogP contribution in [0, 0.1) is 0 Å². The van der Waals surface area contributed by atoms with E-state index in [1.165, 1.54) is 0 Å². The molecular weight excluding hydrogens is 303 g/mol. The highest BCUT2D eigenvalue weighted by atomic mass is 35.5. The average molecular weight is 313 g/mol. The smallest absolute Gasteiger partial charge is 0.0950 e. The fourth-order valence-corrected chi connectivity index (χ4v) is 2.89. The molecular formula is C17H10Cl2N2. The molecule has 0 fully saturated rings. The van der Waals surface area contributed by atoms with Gasteiger partial charge in [-0.15, -0.1) is 0 Å². The zero-order valence-electron chi connectivity index (χ0n) is 10.9. The monoisotopic (exact) mass is 312 g/mol. The van der Waals surface area contributed by atoms with Crippen LogP contribution in [0.2, 0.25) is 10.0 Å². The van der Waals surface area contributed by atoms with Crippen LogP contribution in [-0.2, 0) is 0 Å². The lowest BCUT2D eigenvalue weighted by molar-refractivity contribution is 1.23. The van der Waals surface area contributed by atoms with Gasteiger partial charge in [-0.3, -0.25) is 0 Å². The summed E-state index contributed by atoms with van der Waals surface area (Å²) in [5.41, 5.74) is 4.84. The normalized spacial score (nSPS) is 11.3. The molecule has 0 spiro atoms. The van der Waals surface area contributed by atoms with Crippen molar-refractivity contribution in [3.8, 4) is 11.3 Å². The van der Waals surface area contributed by atoms with Gasteiger partial charge in [0.1, 0.15) is 0 Å². The lowest BCUT2D eigenvalue weighted by Crippen LogP contribution is -1.94. The summed E-state index contributed by atoms with van der Waals surface area (Å²) in [6.07, 6.45) is 2.01. The van der Waals surface area contributed by atoms with Crippen LogP contribution >= 0.6 is 23.2 Å². The van der Waals surface area contributed by atoms with Gasteiger partial charge in [-0.1, -0.05) is 53.5 Å². The molecule has 2 aromatic heterocycles. The minimum Gasteiger partial charge on any atom is -0.313 e. The highest BCUT2D eigenvalue weighted by molar-refractivity contribution is 6.42. The summed E-state index contributed by atoms with van der Waals surface area (Å²) >= 11 is 12.3. The molecule has 0 aliphatic carbocycles. The van der Waals surface area contributed by atoms with Crippen LogP contribution < -0.4 is 0 Å².